The molecule has 1 atom stereocenters. The number of para-hydroxylation sites is 3. The van der Waals surface area contributed by atoms with E-state index in [-0.39, 0.29) is 11.9 Å². The molecule has 11 nitrogen and oxygen atoms in total. The average molecular weight is 548 g/mol. The highest BCUT2D eigenvalue weighted by atomic mass is 16.6. The van der Waals surface area contributed by atoms with E-state index in [2.05, 4.69) is 26.0 Å². The van der Waals surface area contributed by atoms with Gasteiger partial charge < -0.3 is 30.5 Å². The highest BCUT2D eigenvalue weighted by Crippen LogP contribution is 2.22. The summed E-state index contributed by atoms with van der Waals surface area (Å²) in [6, 6.07) is 14.2. The molecule has 40 heavy (non-hydrogen) atoms. The van der Waals surface area contributed by atoms with Gasteiger partial charge in [0.2, 0.25) is 5.91 Å². The van der Waals surface area contributed by atoms with Gasteiger partial charge in [-0.05, 0) is 62.6 Å². The summed E-state index contributed by atoms with van der Waals surface area (Å²) in [6.07, 6.45) is 4.09. The first-order valence-corrected chi connectivity index (χ1v) is 13.5. The van der Waals surface area contributed by atoms with Crippen molar-refractivity contribution in [2.24, 2.45) is 7.05 Å². The van der Waals surface area contributed by atoms with Crippen LogP contribution in [0, 0.1) is 5.21 Å². The average Bonchev–Trinajstić information content (AvgIpc) is 3.21. The lowest BCUT2D eigenvalue weighted by atomic mass is 10.0. The maximum absolute atomic E-state index is 13.2. The van der Waals surface area contributed by atoms with Crippen molar-refractivity contribution in [2.45, 2.75) is 58.1 Å². The second-order valence-electron chi connectivity index (χ2n) is 10.8. The fraction of sp³-hybridized carbons (Fsp3) is 0.414. The van der Waals surface area contributed by atoms with Crippen molar-refractivity contribution in [3.8, 4) is 0 Å². The van der Waals surface area contributed by atoms with Crippen molar-refractivity contribution in [2.75, 3.05) is 18.4 Å². The molecule has 0 aliphatic rings. The molecule has 4 aromatic rings. The molecule has 0 aliphatic heterocycles. The summed E-state index contributed by atoms with van der Waals surface area (Å²) < 4.78 is 7.43. The second-order valence-corrected chi connectivity index (χ2v) is 10.8. The normalized spacial score (nSPS) is 12.3. The van der Waals surface area contributed by atoms with Gasteiger partial charge in [0.15, 0.2) is 0 Å². The van der Waals surface area contributed by atoms with Crippen LogP contribution in [0.1, 0.15) is 45.6 Å². The van der Waals surface area contributed by atoms with Gasteiger partial charge in [0.05, 0.1) is 5.10 Å². The summed E-state index contributed by atoms with van der Waals surface area (Å²) in [7, 11) is 1.96. The molecule has 3 N–H and O–H groups in total. The molecule has 0 fully saturated rings. The number of fused-ring (bicyclic) bond motifs is 2. The number of ether oxygens (including phenoxy) is 1. The molecule has 0 spiro atoms. The van der Waals surface area contributed by atoms with Crippen molar-refractivity contribution in [1.29, 1.82) is 0 Å². The minimum absolute atomic E-state index is 0.263. The van der Waals surface area contributed by atoms with E-state index in [0.717, 1.165) is 35.7 Å². The van der Waals surface area contributed by atoms with Crippen LogP contribution in [-0.4, -0.2) is 51.4 Å². The fourth-order valence-electron chi connectivity index (χ4n) is 4.50. The van der Waals surface area contributed by atoms with E-state index >= 15 is 0 Å². The van der Waals surface area contributed by atoms with Gasteiger partial charge in [-0.1, -0.05) is 30.3 Å². The molecule has 2 aromatic heterocycles. The van der Waals surface area contributed by atoms with E-state index in [9.17, 15) is 14.8 Å². The number of amides is 2. The number of carbonyl (C=O) groups is 2. The lowest BCUT2D eigenvalue weighted by Gasteiger charge is -2.23. The Morgan fingerprint density at radius 3 is 2.58 bits per heavy atom. The van der Waals surface area contributed by atoms with Gasteiger partial charge in [0, 0.05) is 49.7 Å². The van der Waals surface area contributed by atoms with Crippen molar-refractivity contribution in [3.05, 3.63) is 65.5 Å². The third-order valence-electron chi connectivity index (χ3n) is 6.35. The zero-order chi connectivity index (χ0) is 28.7. The van der Waals surface area contributed by atoms with Crippen LogP contribution < -0.4 is 20.8 Å². The topological polar surface area (TPSA) is 137 Å². The molecule has 0 unspecified atom stereocenters. The standard InChI is InChI=1S/C29H37N7O4/c1-29(2,3)40-28(38)33-23(18-20-19-35(4)24-14-8-6-12-21(20)24)26(37)30-16-10-5-11-17-31-27-32-22-13-7-9-15-25(22)36(39)34-27/h6-9,12-15,19,23H,5,10-11,16-18H2,1-4H3,(H,30,37)(H,33,38)(H,31,32,34)/t23-/m0/s1. The minimum atomic E-state index is -0.786. The summed E-state index contributed by atoms with van der Waals surface area (Å²) in [4.78, 5) is 30.6. The van der Waals surface area contributed by atoms with Crippen molar-refractivity contribution >= 4 is 39.9 Å². The number of nitrogens with zero attached hydrogens (tertiary/aromatic N) is 4. The van der Waals surface area contributed by atoms with Gasteiger partial charge in [-0.15, -0.1) is 0 Å². The van der Waals surface area contributed by atoms with Crippen LogP contribution in [-0.2, 0) is 23.0 Å². The van der Waals surface area contributed by atoms with E-state index in [1.807, 2.05) is 48.1 Å². The summed E-state index contributed by atoms with van der Waals surface area (Å²) >= 11 is 0. The van der Waals surface area contributed by atoms with Crippen LogP contribution in [0.5, 0.6) is 0 Å². The first-order chi connectivity index (χ1) is 19.1. The fourth-order valence-corrected chi connectivity index (χ4v) is 4.50. The minimum Gasteiger partial charge on any atom is -0.594 e. The Morgan fingerprint density at radius 1 is 1.05 bits per heavy atom. The number of hydrogen-bond donors (Lipinski definition) is 3. The Labute approximate surface area is 233 Å². The zero-order valence-electron chi connectivity index (χ0n) is 23.4. The van der Waals surface area contributed by atoms with E-state index in [0.29, 0.717) is 35.4 Å². The number of nitrogens with one attached hydrogen (secondary N) is 3. The third kappa shape index (κ3) is 7.58. The van der Waals surface area contributed by atoms with Gasteiger partial charge >= 0.3 is 6.09 Å². The van der Waals surface area contributed by atoms with E-state index < -0.39 is 17.7 Å². The summed E-state index contributed by atoms with van der Waals surface area (Å²) in [5, 5.41) is 25.8. The SMILES string of the molecule is Cn1cc(C[C@H](NC(=O)OC(C)(C)C)C(=O)NCCCCCNc2nc3ccccc3[n+]([O-])n2)c2ccccc21. The predicted octanol–water partition coefficient (Wildman–Crippen LogP) is 3.59. The third-order valence-corrected chi connectivity index (χ3v) is 6.35. The molecule has 2 heterocycles. The van der Waals surface area contributed by atoms with Gasteiger partial charge in [-0.25, -0.2) is 9.78 Å². The van der Waals surface area contributed by atoms with Crippen LogP contribution in [0.15, 0.2) is 54.7 Å². The zero-order valence-corrected chi connectivity index (χ0v) is 23.4. The molecule has 11 heteroatoms. The quantitative estimate of drug-likeness (QED) is 0.148. The molecule has 2 amide bonds. The van der Waals surface area contributed by atoms with Gasteiger partial charge in [0.25, 0.3) is 11.5 Å². The summed E-state index contributed by atoms with van der Waals surface area (Å²) in [6.45, 7) is 6.41. The van der Waals surface area contributed by atoms with Crippen LogP contribution in [0.25, 0.3) is 21.9 Å². The number of aromatic nitrogens is 4. The summed E-state index contributed by atoms with van der Waals surface area (Å²) in [5.74, 6) is 0.0213. The Morgan fingerprint density at radius 2 is 1.77 bits per heavy atom. The van der Waals surface area contributed by atoms with Crippen molar-refractivity contribution in [1.82, 2.24) is 25.3 Å². The second kappa shape index (κ2) is 12.6. The molecule has 2 aromatic carbocycles. The highest BCUT2D eigenvalue weighted by Gasteiger charge is 2.25. The molecular weight excluding hydrogens is 510 g/mol. The molecule has 0 saturated carbocycles. The van der Waals surface area contributed by atoms with Gasteiger partial charge in [-0.3, -0.25) is 4.79 Å². The molecule has 0 saturated heterocycles. The van der Waals surface area contributed by atoms with Crippen LogP contribution in [0.2, 0.25) is 0 Å². The monoisotopic (exact) mass is 547 g/mol. The molecule has 0 bridgehead atoms. The Balaban J connectivity index is 1.27. The Bertz CT molecular complexity index is 1480. The molecular formula is C29H37N7O4. The highest BCUT2D eigenvalue weighted by molar-refractivity contribution is 5.88. The van der Waals surface area contributed by atoms with Gasteiger partial charge in [0.1, 0.15) is 17.2 Å². The van der Waals surface area contributed by atoms with E-state index in [1.165, 1.54) is 0 Å². The number of rotatable bonds is 11. The maximum Gasteiger partial charge on any atom is 0.408 e. The van der Waals surface area contributed by atoms with Crippen LogP contribution >= 0.6 is 0 Å². The molecule has 0 aliphatic carbocycles. The number of anilines is 1. The first-order valence-electron chi connectivity index (χ1n) is 13.5. The molecule has 0 radical (unpaired) electrons. The molecule has 4 rings (SSSR count). The van der Waals surface area contributed by atoms with Crippen LogP contribution in [0.4, 0.5) is 10.7 Å². The van der Waals surface area contributed by atoms with E-state index in [4.69, 9.17) is 4.74 Å². The first kappa shape index (κ1) is 28.6. The molecule has 212 valence electrons. The number of benzene rings is 2. The smallest absolute Gasteiger partial charge is 0.408 e. The number of hydrogen-bond acceptors (Lipinski definition) is 7. The lowest BCUT2D eigenvalue weighted by molar-refractivity contribution is -0.641. The number of carbonyl (C=O) groups excluding carboxylic acids is 2. The lowest BCUT2D eigenvalue weighted by Crippen LogP contribution is -2.49. The number of alkyl carbamates (subject to hydrolysis) is 1. The van der Waals surface area contributed by atoms with E-state index in [1.54, 1.807) is 39.0 Å². The Hall–Kier alpha value is -4.41. The number of unbranched alkanes of at least 4 members (excludes halogenated alkanes) is 2. The van der Waals surface area contributed by atoms with Crippen molar-refractivity contribution < 1.29 is 19.2 Å². The predicted molar refractivity (Wildman–Crippen MR) is 154 cm³/mol. The van der Waals surface area contributed by atoms with Gasteiger partial charge in [-0.2, -0.15) is 0 Å². The Kier molecular flexibility index (Phi) is 9.03. The maximum atomic E-state index is 13.2. The van der Waals surface area contributed by atoms with Crippen LogP contribution in [0.3, 0.4) is 0 Å². The summed E-state index contributed by atoms with van der Waals surface area (Å²) in [5.41, 5.74) is 2.35. The number of aryl methyl sites for hydroxylation is 1. The van der Waals surface area contributed by atoms with Crippen molar-refractivity contribution in [3.63, 3.8) is 0 Å². The largest absolute Gasteiger partial charge is 0.594 e.